The van der Waals surface area contributed by atoms with Crippen LogP contribution in [0.15, 0.2) is 18.2 Å². The maximum atomic E-state index is 9.05. The molecule has 1 saturated carbocycles. The standard InChI is InChI=1S/C12H13ClN2O/c13-8-1-4-10-11(7-8)15(9-2-3-9)12(14-10)5-6-16/h1,4,7,9,16H,2-3,5-6H2. The largest absolute Gasteiger partial charge is 0.396 e. The third-order valence-electron chi connectivity index (χ3n) is 2.97. The van der Waals surface area contributed by atoms with Crippen molar-refractivity contribution in [2.45, 2.75) is 25.3 Å². The molecule has 1 aliphatic carbocycles. The average Bonchev–Trinajstić information content (AvgIpc) is 3.02. The van der Waals surface area contributed by atoms with Gasteiger partial charge in [-0.05, 0) is 31.0 Å². The molecule has 1 aliphatic rings. The zero-order valence-corrected chi connectivity index (χ0v) is 9.61. The number of hydrogen-bond donors (Lipinski definition) is 1. The summed E-state index contributed by atoms with van der Waals surface area (Å²) in [6, 6.07) is 6.32. The molecule has 0 radical (unpaired) electrons. The molecule has 0 spiro atoms. The van der Waals surface area contributed by atoms with Crippen LogP contribution in [0.5, 0.6) is 0 Å². The van der Waals surface area contributed by atoms with Crippen molar-refractivity contribution < 1.29 is 5.11 Å². The second-order valence-electron chi connectivity index (χ2n) is 4.24. The SMILES string of the molecule is OCCc1nc2ccc(Cl)cc2n1C1CC1. The lowest BCUT2D eigenvalue weighted by atomic mass is 10.3. The minimum atomic E-state index is 0.143. The van der Waals surface area contributed by atoms with E-state index in [1.165, 1.54) is 12.8 Å². The van der Waals surface area contributed by atoms with Crippen molar-refractivity contribution in [3.63, 3.8) is 0 Å². The highest BCUT2D eigenvalue weighted by Crippen LogP contribution is 2.39. The molecule has 3 rings (SSSR count). The number of rotatable bonds is 3. The number of fused-ring (bicyclic) bond motifs is 1. The fraction of sp³-hybridized carbons (Fsp3) is 0.417. The van der Waals surface area contributed by atoms with Gasteiger partial charge in [-0.1, -0.05) is 11.6 Å². The summed E-state index contributed by atoms with van der Waals surface area (Å²) in [5, 5.41) is 9.79. The van der Waals surface area contributed by atoms with E-state index in [4.69, 9.17) is 16.7 Å². The minimum absolute atomic E-state index is 0.143. The Hall–Kier alpha value is -1.06. The molecule has 1 fully saturated rings. The summed E-state index contributed by atoms with van der Waals surface area (Å²) in [4.78, 5) is 4.55. The Bertz CT molecular complexity index is 531. The molecule has 0 amide bonds. The minimum Gasteiger partial charge on any atom is -0.396 e. The zero-order chi connectivity index (χ0) is 11.1. The fourth-order valence-electron chi connectivity index (χ4n) is 2.13. The van der Waals surface area contributed by atoms with Crippen molar-refractivity contribution in [3.8, 4) is 0 Å². The molecular formula is C12H13ClN2O. The first-order valence-electron chi connectivity index (χ1n) is 5.57. The number of halogens is 1. The number of imidazole rings is 1. The molecule has 1 N–H and O–H groups in total. The van der Waals surface area contributed by atoms with Gasteiger partial charge in [0, 0.05) is 17.5 Å². The van der Waals surface area contributed by atoms with Crippen molar-refractivity contribution in [2.24, 2.45) is 0 Å². The number of nitrogens with zero attached hydrogens (tertiary/aromatic N) is 2. The third-order valence-corrected chi connectivity index (χ3v) is 3.21. The maximum Gasteiger partial charge on any atom is 0.112 e. The Kier molecular flexibility index (Phi) is 2.37. The van der Waals surface area contributed by atoms with E-state index >= 15 is 0 Å². The van der Waals surface area contributed by atoms with Crippen LogP contribution in [0, 0.1) is 0 Å². The molecule has 3 nitrogen and oxygen atoms in total. The summed E-state index contributed by atoms with van der Waals surface area (Å²) < 4.78 is 2.23. The van der Waals surface area contributed by atoms with E-state index in [9.17, 15) is 0 Å². The van der Waals surface area contributed by atoms with Gasteiger partial charge in [-0.2, -0.15) is 0 Å². The van der Waals surface area contributed by atoms with Crippen LogP contribution in [-0.2, 0) is 6.42 Å². The third kappa shape index (κ3) is 1.60. The highest BCUT2D eigenvalue weighted by Gasteiger charge is 2.27. The summed E-state index contributed by atoms with van der Waals surface area (Å²) in [7, 11) is 0. The van der Waals surface area contributed by atoms with Crippen molar-refractivity contribution >= 4 is 22.6 Å². The lowest BCUT2D eigenvalue weighted by Gasteiger charge is -2.06. The normalized spacial score (nSPS) is 15.9. The Balaban J connectivity index is 2.21. The molecule has 0 unspecified atom stereocenters. The predicted octanol–water partition coefficient (Wildman–Crippen LogP) is 2.56. The number of aliphatic hydroxyl groups excluding tert-OH is 1. The summed E-state index contributed by atoms with van der Waals surface area (Å²) in [5.41, 5.74) is 2.07. The summed E-state index contributed by atoms with van der Waals surface area (Å²) in [5.74, 6) is 0.974. The van der Waals surface area contributed by atoms with Crippen LogP contribution < -0.4 is 0 Å². The van der Waals surface area contributed by atoms with E-state index in [1.807, 2.05) is 18.2 Å². The number of benzene rings is 1. The smallest absolute Gasteiger partial charge is 0.112 e. The van der Waals surface area contributed by atoms with E-state index in [-0.39, 0.29) is 6.61 Å². The molecule has 16 heavy (non-hydrogen) atoms. The van der Waals surface area contributed by atoms with Crippen molar-refractivity contribution in [3.05, 3.63) is 29.0 Å². The summed E-state index contributed by atoms with van der Waals surface area (Å²) in [6.45, 7) is 0.143. The highest BCUT2D eigenvalue weighted by atomic mass is 35.5. The van der Waals surface area contributed by atoms with Crippen molar-refractivity contribution in [1.82, 2.24) is 9.55 Å². The quantitative estimate of drug-likeness (QED) is 0.890. The second kappa shape index (κ2) is 3.75. The first-order chi connectivity index (χ1) is 7.79. The lowest BCUT2D eigenvalue weighted by molar-refractivity contribution is 0.295. The molecule has 0 atom stereocenters. The second-order valence-corrected chi connectivity index (χ2v) is 4.67. The van der Waals surface area contributed by atoms with E-state index in [0.29, 0.717) is 12.5 Å². The van der Waals surface area contributed by atoms with Gasteiger partial charge >= 0.3 is 0 Å². The summed E-state index contributed by atoms with van der Waals surface area (Å²) >= 11 is 6.01. The Labute approximate surface area is 98.7 Å². The van der Waals surface area contributed by atoms with E-state index < -0.39 is 0 Å². The molecule has 4 heteroatoms. The predicted molar refractivity (Wildman–Crippen MR) is 63.8 cm³/mol. The van der Waals surface area contributed by atoms with Crippen molar-refractivity contribution in [2.75, 3.05) is 6.61 Å². The molecule has 1 aromatic heterocycles. The van der Waals surface area contributed by atoms with Crippen LogP contribution in [0.1, 0.15) is 24.7 Å². The monoisotopic (exact) mass is 236 g/mol. The first-order valence-corrected chi connectivity index (χ1v) is 5.94. The van der Waals surface area contributed by atoms with Gasteiger partial charge in [-0.25, -0.2) is 4.98 Å². The van der Waals surface area contributed by atoms with Gasteiger partial charge in [0.05, 0.1) is 17.6 Å². The van der Waals surface area contributed by atoms with Crippen molar-refractivity contribution in [1.29, 1.82) is 0 Å². The van der Waals surface area contributed by atoms with Gasteiger partial charge in [0.2, 0.25) is 0 Å². The number of hydrogen-bond acceptors (Lipinski definition) is 2. The topological polar surface area (TPSA) is 38.1 Å². The van der Waals surface area contributed by atoms with Gasteiger partial charge in [-0.15, -0.1) is 0 Å². The molecule has 2 aromatic rings. The molecule has 0 bridgehead atoms. The molecule has 1 aromatic carbocycles. The van der Waals surface area contributed by atoms with Crippen LogP contribution in [0.25, 0.3) is 11.0 Å². The molecular weight excluding hydrogens is 224 g/mol. The van der Waals surface area contributed by atoms with Gasteiger partial charge < -0.3 is 9.67 Å². The number of aromatic nitrogens is 2. The van der Waals surface area contributed by atoms with E-state index in [1.54, 1.807) is 0 Å². The zero-order valence-electron chi connectivity index (χ0n) is 8.86. The Morgan fingerprint density at radius 3 is 2.94 bits per heavy atom. The Morgan fingerprint density at radius 2 is 2.25 bits per heavy atom. The van der Waals surface area contributed by atoms with Crippen LogP contribution in [0.4, 0.5) is 0 Å². The summed E-state index contributed by atoms with van der Waals surface area (Å²) in [6.07, 6.45) is 3.02. The van der Waals surface area contributed by atoms with Gasteiger partial charge in [0.25, 0.3) is 0 Å². The number of aliphatic hydroxyl groups is 1. The van der Waals surface area contributed by atoms with E-state index in [2.05, 4.69) is 9.55 Å². The maximum absolute atomic E-state index is 9.05. The fourth-order valence-corrected chi connectivity index (χ4v) is 2.30. The molecule has 0 aliphatic heterocycles. The average molecular weight is 237 g/mol. The molecule has 1 heterocycles. The Morgan fingerprint density at radius 1 is 1.44 bits per heavy atom. The van der Waals surface area contributed by atoms with Gasteiger partial charge in [0.15, 0.2) is 0 Å². The van der Waals surface area contributed by atoms with E-state index in [0.717, 1.165) is 21.9 Å². The lowest BCUT2D eigenvalue weighted by Crippen LogP contribution is -2.03. The van der Waals surface area contributed by atoms with Crippen LogP contribution >= 0.6 is 11.6 Å². The first kappa shape index (κ1) is 10.1. The van der Waals surface area contributed by atoms with Crippen LogP contribution in [0.2, 0.25) is 5.02 Å². The van der Waals surface area contributed by atoms with Crippen LogP contribution in [-0.4, -0.2) is 21.3 Å². The van der Waals surface area contributed by atoms with Gasteiger partial charge in [0.1, 0.15) is 5.82 Å². The molecule has 0 saturated heterocycles. The highest BCUT2D eigenvalue weighted by molar-refractivity contribution is 6.31. The molecule has 84 valence electrons. The van der Waals surface area contributed by atoms with Gasteiger partial charge in [-0.3, -0.25) is 0 Å². The van der Waals surface area contributed by atoms with Crippen LogP contribution in [0.3, 0.4) is 0 Å².